The maximum Gasteiger partial charge on any atom is 0.248 e. The highest BCUT2D eigenvalue weighted by Gasteiger charge is 2.33. The molecule has 0 aromatic carbocycles. The first-order valence-corrected chi connectivity index (χ1v) is 5.52. The fourth-order valence-electron chi connectivity index (χ4n) is 1.55. The number of likely N-dealkylation sites (N-methyl/N-ethyl adjacent to an activating group) is 1. The topological polar surface area (TPSA) is 83.1 Å². The summed E-state index contributed by atoms with van der Waals surface area (Å²) in [7, 11) is 1.72. The molecule has 7 heteroatoms. The van der Waals surface area contributed by atoms with Crippen molar-refractivity contribution in [2.45, 2.75) is 19.1 Å². The van der Waals surface area contributed by atoms with E-state index in [4.69, 9.17) is 4.74 Å². The van der Waals surface area contributed by atoms with E-state index in [1.54, 1.807) is 11.9 Å². The van der Waals surface area contributed by atoms with E-state index in [0.717, 1.165) is 13.1 Å². The van der Waals surface area contributed by atoms with Crippen LogP contribution in [0.2, 0.25) is 0 Å². The molecular formula is C10H17N5O2. The second-order valence-corrected chi connectivity index (χ2v) is 4.52. The van der Waals surface area contributed by atoms with Crippen molar-refractivity contribution in [3.63, 3.8) is 0 Å². The molecule has 1 amide bonds. The summed E-state index contributed by atoms with van der Waals surface area (Å²) in [4.78, 5) is 17.3. The molecule has 1 saturated heterocycles. The van der Waals surface area contributed by atoms with Gasteiger partial charge in [-0.15, -0.1) is 0 Å². The predicted molar refractivity (Wildman–Crippen MR) is 60.1 cm³/mol. The number of amides is 1. The average Bonchev–Trinajstić information content (AvgIpc) is 2.75. The van der Waals surface area contributed by atoms with Gasteiger partial charge < -0.3 is 15.0 Å². The van der Waals surface area contributed by atoms with Crippen LogP contribution in [-0.2, 0) is 16.1 Å². The van der Waals surface area contributed by atoms with E-state index in [0.29, 0.717) is 12.4 Å². The molecule has 0 unspecified atom stereocenters. The molecule has 2 rings (SSSR count). The third kappa shape index (κ3) is 3.01. The van der Waals surface area contributed by atoms with Crippen LogP contribution in [-0.4, -0.2) is 58.3 Å². The summed E-state index contributed by atoms with van der Waals surface area (Å²) in [5, 5.41) is 9.56. The van der Waals surface area contributed by atoms with Crippen LogP contribution in [0.25, 0.3) is 0 Å². The zero-order chi connectivity index (χ0) is 12.3. The summed E-state index contributed by atoms with van der Waals surface area (Å²) in [5.74, 6) is 0.604. The van der Waals surface area contributed by atoms with Gasteiger partial charge in [0.15, 0.2) is 0 Å². The van der Waals surface area contributed by atoms with Gasteiger partial charge >= 0.3 is 0 Å². The summed E-state index contributed by atoms with van der Waals surface area (Å²) in [5.41, 5.74) is -0.192. The zero-order valence-corrected chi connectivity index (χ0v) is 10.1. The van der Waals surface area contributed by atoms with Gasteiger partial charge in [0.2, 0.25) is 5.91 Å². The Morgan fingerprint density at radius 2 is 2.41 bits per heavy atom. The van der Waals surface area contributed by atoms with E-state index in [2.05, 4.69) is 20.5 Å². The number of ether oxygens (including phenoxy) is 1. The molecular weight excluding hydrogens is 222 g/mol. The van der Waals surface area contributed by atoms with E-state index in [1.807, 2.05) is 6.92 Å². The maximum absolute atomic E-state index is 11.8. The van der Waals surface area contributed by atoms with E-state index >= 15 is 0 Å². The lowest BCUT2D eigenvalue weighted by Gasteiger charge is -2.39. The molecule has 2 N–H and O–H groups in total. The lowest BCUT2D eigenvalue weighted by molar-refractivity contribution is -0.145. The van der Waals surface area contributed by atoms with Gasteiger partial charge in [-0.3, -0.25) is 9.89 Å². The van der Waals surface area contributed by atoms with Gasteiger partial charge in [0.1, 0.15) is 18.8 Å². The van der Waals surface area contributed by atoms with E-state index < -0.39 is 0 Å². The Labute approximate surface area is 99.5 Å². The largest absolute Gasteiger partial charge is 0.363 e. The van der Waals surface area contributed by atoms with E-state index in [1.165, 1.54) is 6.33 Å². The van der Waals surface area contributed by atoms with Crippen molar-refractivity contribution in [3.05, 3.63) is 12.2 Å². The molecule has 0 bridgehead atoms. The summed E-state index contributed by atoms with van der Waals surface area (Å²) < 4.78 is 5.57. The van der Waals surface area contributed by atoms with Gasteiger partial charge in [0, 0.05) is 20.1 Å². The minimum Gasteiger partial charge on any atom is -0.363 e. The average molecular weight is 239 g/mol. The molecule has 1 aliphatic rings. The Morgan fingerprint density at radius 3 is 2.94 bits per heavy atom. The van der Waals surface area contributed by atoms with Gasteiger partial charge in [-0.25, -0.2) is 4.98 Å². The Hall–Kier alpha value is -1.47. The summed E-state index contributed by atoms with van der Waals surface area (Å²) >= 11 is 0. The summed E-state index contributed by atoms with van der Waals surface area (Å²) in [6.45, 7) is 4.10. The number of carbonyl (C=O) groups is 1. The van der Waals surface area contributed by atoms with Crippen molar-refractivity contribution in [2.24, 2.45) is 0 Å². The minimum atomic E-state index is -0.192. The van der Waals surface area contributed by atoms with Crippen LogP contribution in [0.1, 0.15) is 12.7 Å². The van der Waals surface area contributed by atoms with Crippen molar-refractivity contribution in [3.8, 4) is 0 Å². The molecule has 2 heterocycles. The van der Waals surface area contributed by atoms with Crippen LogP contribution < -0.4 is 5.32 Å². The highest BCUT2D eigenvalue weighted by molar-refractivity contribution is 5.77. The quantitative estimate of drug-likeness (QED) is 0.698. The molecule has 1 aromatic heterocycles. The van der Waals surface area contributed by atoms with Crippen molar-refractivity contribution < 1.29 is 9.53 Å². The van der Waals surface area contributed by atoms with Crippen LogP contribution in [0.3, 0.4) is 0 Å². The highest BCUT2D eigenvalue weighted by Crippen LogP contribution is 2.15. The Balaban J connectivity index is 1.75. The molecule has 17 heavy (non-hydrogen) atoms. The molecule has 0 spiro atoms. The highest BCUT2D eigenvalue weighted by atomic mass is 16.5. The van der Waals surface area contributed by atoms with Crippen LogP contribution in [0.15, 0.2) is 6.33 Å². The fraction of sp³-hybridized carbons (Fsp3) is 0.700. The number of nitrogens with zero attached hydrogens (tertiary/aromatic N) is 3. The third-order valence-corrected chi connectivity index (χ3v) is 2.82. The third-order valence-electron chi connectivity index (χ3n) is 2.82. The van der Waals surface area contributed by atoms with Crippen LogP contribution in [0, 0.1) is 0 Å². The van der Waals surface area contributed by atoms with Crippen molar-refractivity contribution in [1.82, 2.24) is 25.4 Å². The number of carbonyl (C=O) groups excluding carboxylic acids is 1. The Bertz CT molecular complexity index is 374. The van der Waals surface area contributed by atoms with Crippen LogP contribution >= 0.6 is 0 Å². The number of aromatic nitrogens is 3. The summed E-state index contributed by atoms with van der Waals surface area (Å²) in [6.07, 6.45) is 1.42. The fourth-order valence-corrected chi connectivity index (χ4v) is 1.55. The number of H-pyrrole nitrogens is 1. The van der Waals surface area contributed by atoms with Gasteiger partial charge in [-0.2, -0.15) is 5.10 Å². The molecule has 1 aliphatic heterocycles. The lowest BCUT2D eigenvalue weighted by Crippen LogP contribution is -2.59. The van der Waals surface area contributed by atoms with Gasteiger partial charge in [-0.1, -0.05) is 0 Å². The first-order chi connectivity index (χ1) is 8.09. The van der Waals surface area contributed by atoms with E-state index in [9.17, 15) is 4.79 Å². The minimum absolute atomic E-state index is 0.0606. The molecule has 1 fully saturated rings. The monoisotopic (exact) mass is 239 g/mol. The van der Waals surface area contributed by atoms with Crippen molar-refractivity contribution in [1.29, 1.82) is 0 Å². The Morgan fingerprint density at radius 1 is 1.65 bits per heavy atom. The molecule has 0 aliphatic carbocycles. The zero-order valence-electron chi connectivity index (χ0n) is 10.1. The van der Waals surface area contributed by atoms with Gasteiger partial charge in [0.05, 0.1) is 12.1 Å². The van der Waals surface area contributed by atoms with Gasteiger partial charge in [0.25, 0.3) is 0 Å². The molecule has 7 nitrogen and oxygen atoms in total. The first kappa shape index (κ1) is 12.0. The summed E-state index contributed by atoms with van der Waals surface area (Å²) in [6, 6.07) is 0. The number of rotatable bonds is 5. The number of nitrogens with one attached hydrogen (secondary N) is 2. The molecule has 0 radical (unpaired) electrons. The number of hydrogen-bond acceptors (Lipinski definition) is 5. The Kier molecular flexibility index (Phi) is 3.39. The van der Waals surface area contributed by atoms with Crippen LogP contribution in [0.5, 0.6) is 0 Å². The molecule has 0 atom stereocenters. The second-order valence-electron chi connectivity index (χ2n) is 4.52. The molecule has 94 valence electrons. The number of aromatic amines is 1. The predicted octanol–water partition coefficient (Wildman–Crippen LogP) is -0.858. The molecule has 1 aromatic rings. The smallest absolute Gasteiger partial charge is 0.248 e. The maximum atomic E-state index is 11.8. The van der Waals surface area contributed by atoms with Crippen LogP contribution in [0.4, 0.5) is 0 Å². The van der Waals surface area contributed by atoms with Crippen molar-refractivity contribution in [2.75, 3.05) is 26.7 Å². The SMILES string of the molecule is CN(Cc1ncn[nH]1)C(=O)COC1(C)CNC1. The second kappa shape index (κ2) is 4.80. The lowest BCUT2D eigenvalue weighted by atomic mass is 10.0. The molecule has 0 saturated carbocycles. The standard InChI is InChI=1S/C10H17N5O2/c1-10(5-11-6-10)17-4-9(16)15(2)3-8-12-7-13-14-8/h7,11H,3-6H2,1-2H3,(H,12,13,14). The van der Waals surface area contributed by atoms with Crippen molar-refractivity contribution >= 4 is 5.91 Å². The number of hydrogen-bond donors (Lipinski definition) is 2. The normalized spacial score (nSPS) is 17.5. The first-order valence-electron chi connectivity index (χ1n) is 5.52. The van der Waals surface area contributed by atoms with Gasteiger partial charge in [-0.05, 0) is 6.92 Å². The van der Waals surface area contributed by atoms with E-state index in [-0.39, 0.29) is 18.1 Å².